The molecule has 0 fully saturated rings. The van der Waals surface area contributed by atoms with Gasteiger partial charge in [0.05, 0.1) is 27.8 Å². The first-order valence-corrected chi connectivity index (χ1v) is 20.9. The Kier molecular flexibility index (Phi) is 7.50. The van der Waals surface area contributed by atoms with Crippen molar-refractivity contribution in [3.63, 3.8) is 0 Å². The molecule has 6 heteroatoms. The van der Waals surface area contributed by atoms with Crippen LogP contribution in [0.4, 0.5) is 0 Å². The van der Waals surface area contributed by atoms with Gasteiger partial charge in [-0.3, -0.25) is 4.57 Å². The average Bonchev–Trinajstić information content (AvgIpc) is 4.12. The summed E-state index contributed by atoms with van der Waals surface area (Å²) < 4.78 is 13.7. The molecule has 0 aliphatic rings. The van der Waals surface area contributed by atoms with Crippen LogP contribution in [0.1, 0.15) is 0 Å². The summed E-state index contributed by atoms with van der Waals surface area (Å²) in [6.07, 6.45) is 0. The highest BCUT2D eigenvalue weighted by Gasteiger charge is 2.24. The van der Waals surface area contributed by atoms with Crippen LogP contribution in [-0.4, -0.2) is 23.9 Å². The Labute approximate surface area is 355 Å². The van der Waals surface area contributed by atoms with Gasteiger partial charge in [-0.1, -0.05) is 152 Å². The van der Waals surface area contributed by atoms with Crippen molar-refractivity contribution in [1.29, 1.82) is 0 Å². The maximum Gasteiger partial charge on any atom is 0.169 e. The molecule has 4 aromatic heterocycles. The molecule has 0 aliphatic carbocycles. The maximum atomic E-state index is 6.72. The molecule has 0 radical (unpaired) electrons. The number of fused-ring (bicyclic) bond motifs is 10. The van der Waals surface area contributed by atoms with Gasteiger partial charge >= 0.3 is 0 Å². The van der Waals surface area contributed by atoms with E-state index in [1.54, 1.807) is 0 Å². The van der Waals surface area contributed by atoms with Crippen molar-refractivity contribution in [3.05, 3.63) is 212 Å². The van der Waals surface area contributed by atoms with Gasteiger partial charge in [0.1, 0.15) is 5.58 Å². The third-order valence-electron chi connectivity index (χ3n) is 12.4. The largest absolute Gasteiger partial charge is 0.454 e. The van der Waals surface area contributed by atoms with Crippen molar-refractivity contribution in [3.8, 4) is 51.0 Å². The predicted molar refractivity (Wildman–Crippen MR) is 254 cm³/mol. The highest BCUT2D eigenvalue weighted by atomic mass is 16.3. The molecule has 0 atom stereocenters. The number of nitrogens with zero attached hydrogens (tertiary/aromatic N) is 5. The molecule has 0 saturated carbocycles. The highest BCUT2D eigenvalue weighted by molar-refractivity contribution is 6.22. The van der Waals surface area contributed by atoms with Crippen molar-refractivity contribution in [2.45, 2.75) is 0 Å². The first-order valence-electron chi connectivity index (χ1n) is 20.9. The molecular weight excluding hydrogens is 759 g/mol. The number of rotatable bonds is 6. The first kappa shape index (κ1) is 34.4. The summed E-state index contributed by atoms with van der Waals surface area (Å²) in [4.78, 5) is 0. The molecular formula is C56H35N5O. The number of hydrogen-bond acceptors (Lipinski definition) is 3. The first-order chi connectivity index (χ1) is 30.8. The molecule has 13 aromatic rings. The number of hydrogen-bond donors (Lipinski definition) is 0. The molecule has 9 aromatic carbocycles. The Hall–Kier alpha value is -8.48. The van der Waals surface area contributed by atoms with E-state index in [0.29, 0.717) is 0 Å². The second-order valence-electron chi connectivity index (χ2n) is 15.8. The predicted octanol–water partition coefficient (Wildman–Crippen LogP) is 14.4. The molecule has 0 unspecified atom stereocenters. The van der Waals surface area contributed by atoms with Gasteiger partial charge in [0.25, 0.3) is 0 Å². The van der Waals surface area contributed by atoms with Crippen molar-refractivity contribution < 1.29 is 4.42 Å². The number of furan rings is 1. The van der Waals surface area contributed by atoms with Crippen LogP contribution in [0, 0.1) is 0 Å². The van der Waals surface area contributed by atoms with Gasteiger partial charge in [0.15, 0.2) is 17.2 Å². The van der Waals surface area contributed by atoms with Crippen LogP contribution in [0.3, 0.4) is 0 Å². The van der Waals surface area contributed by atoms with Crippen molar-refractivity contribution in [1.82, 2.24) is 23.9 Å². The van der Waals surface area contributed by atoms with Crippen LogP contribution in [0.15, 0.2) is 217 Å². The van der Waals surface area contributed by atoms with Gasteiger partial charge < -0.3 is 13.6 Å². The van der Waals surface area contributed by atoms with Crippen LogP contribution < -0.4 is 0 Å². The third-order valence-corrected chi connectivity index (χ3v) is 12.4. The fraction of sp³-hybridized carbons (Fsp3) is 0. The van der Waals surface area contributed by atoms with Gasteiger partial charge in [-0.25, -0.2) is 0 Å². The maximum absolute atomic E-state index is 6.72. The lowest BCUT2D eigenvalue weighted by molar-refractivity contribution is 0.671. The molecule has 0 aliphatic heterocycles. The highest BCUT2D eigenvalue weighted by Crippen LogP contribution is 2.44. The fourth-order valence-electron chi connectivity index (χ4n) is 9.74. The molecule has 4 heterocycles. The normalized spacial score (nSPS) is 11.9. The number of benzene rings is 9. The second kappa shape index (κ2) is 13.5. The summed E-state index contributed by atoms with van der Waals surface area (Å²) in [5, 5.41) is 16.6. The minimum atomic E-state index is 0.788. The number of aromatic nitrogens is 5. The number of para-hydroxylation sites is 5. The van der Waals surface area contributed by atoms with Crippen molar-refractivity contribution in [2.75, 3.05) is 0 Å². The third kappa shape index (κ3) is 5.04. The van der Waals surface area contributed by atoms with Gasteiger partial charge in [0, 0.05) is 60.4 Å². The van der Waals surface area contributed by atoms with E-state index in [0.717, 1.165) is 111 Å². The topological polar surface area (TPSA) is 53.7 Å². The zero-order valence-electron chi connectivity index (χ0n) is 33.4. The molecule has 13 rings (SSSR count). The summed E-state index contributed by atoms with van der Waals surface area (Å²) in [7, 11) is 0. The van der Waals surface area contributed by atoms with Gasteiger partial charge in [-0.15, -0.1) is 10.2 Å². The Morgan fingerprint density at radius 3 is 1.81 bits per heavy atom. The fourth-order valence-corrected chi connectivity index (χ4v) is 9.74. The molecule has 0 N–H and O–H groups in total. The molecule has 0 amide bonds. The van der Waals surface area contributed by atoms with Gasteiger partial charge in [0.2, 0.25) is 0 Å². The molecule has 0 spiro atoms. The average molecular weight is 794 g/mol. The van der Waals surface area contributed by atoms with E-state index in [9.17, 15) is 0 Å². The van der Waals surface area contributed by atoms with Crippen molar-refractivity contribution in [2.24, 2.45) is 0 Å². The summed E-state index contributed by atoms with van der Waals surface area (Å²) in [5.41, 5.74) is 13.6. The van der Waals surface area contributed by atoms with Gasteiger partial charge in [-0.2, -0.15) is 0 Å². The van der Waals surface area contributed by atoms with Crippen LogP contribution in [0.25, 0.3) is 117 Å². The molecule has 290 valence electrons. The SMILES string of the molecule is c1ccc(-c2nnc(-c3cccc4c3c3ccccc3n4-c3cccc(-c4ccccc4-n4c5ccccc5c5ccc6c7ccccc7oc6c54)c3)n2-c2ccccc2)cc1. The van der Waals surface area contributed by atoms with E-state index in [1.807, 2.05) is 30.3 Å². The summed E-state index contributed by atoms with van der Waals surface area (Å²) in [6.45, 7) is 0. The van der Waals surface area contributed by atoms with Crippen LogP contribution >= 0.6 is 0 Å². The zero-order valence-corrected chi connectivity index (χ0v) is 33.4. The lowest BCUT2D eigenvalue weighted by atomic mass is 10.0. The Balaban J connectivity index is 1.03. The summed E-state index contributed by atoms with van der Waals surface area (Å²) >= 11 is 0. The Morgan fingerprint density at radius 2 is 0.952 bits per heavy atom. The van der Waals surface area contributed by atoms with E-state index in [4.69, 9.17) is 14.6 Å². The van der Waals surface area contributed by atoms with E-state index in [1.165, 1.54) is 5.39 Å². The van der Waals surface area contributed by atoms with Crippen LogP contribution in [0.5, 0.6) is 0 Å². The second-order valence-corrected chi connectivity index (χ2v) is 15.8. The van der Waals surface area contributed by atoms with E-state index in [-0.39, 0.29) is 0 Å². The smallest absolute Gasteiger partial charge is 0.169 e. The van der Waals surface area contributed by atoms with Crippen LogP contribution in [0.2, 0.25) is 0 Å². The molecule has 6 nitrogen and oxygen atoms in total. The lowest BCUT2D eigenvalue weighted by Crippen LogP contribution is -2.00. The minimum Gasteiger partial charge on any atom is -0.454 e. The van der Waals surface area contributed by atoms with Crippen LogP contribution in [-0.2, 0) is 0 Å². The Morgan fingerprint density at radius 1 is 0.355 bits per heavy atom. The minimum absolute atomic E-state index is 0.788. The zero-order chi connectivity index (χ0) is 40.7. The standard InChI is InChI=1S/C56H35N5O/c1-3-17-36(18-4-1)55-57-58-56(60(55)38-20-5-2-6-21-38)46-27-16-31-50-52(46)45-26-9-13-30-49(45)59(50)39-22-15-19-37(35-39)40-23-7-11-28-47(40)61-48-29-12-8-24-41(48)43-33-34-44-42-25-10-14-32-51(42)62-54(44)53(43)61/h1-35H. The molecule has 0 bridgehead atoms. The monoisotopic (exact) mass is 793 g/mol. The van der Waals surface area contributed by atoms with Crippen molar-refractivity contribution >= 4 is 65.6 Å². The van der Waals surface area contributed by atoms with E-state index < -0.39 is 0 Å². The summed E-state index contributed by atoms with van der Waals surface area (Å²) in [6, 6.07) is 75.0. The van der Waals surface area contributed by atoms with E-state index in [2.05, 4.69) is 196 Å². The molecule has 62 heavy (non-hydrogen) atoms. The summed E-state index contributed by atoms with van der Waals surface area (Å²) in [5.74, 6) is 1.58. The molecule has 0 saturated heterocycles. The van der Waals surface area contributed by atoms with Gasteiger partial charge in [-0.05, 0) is 66.2 Å². The lowest BCUT2D eigenvalue weighted by Gasteiger charge is -2.16. The quantitative estimate of drug-likeness (QED) is 0.168. The van der Waals surface area contributed by atoms with E-state index >= 15 is 0 Å². The Bertz CT molecular complexity index is 3870.